The van der Waals surface area contributed by atoms with Crippen LogP contribution in [0.25, 0.3) is 0 Å². The first-order chi connectivity index (χ1) is 12.2. The average Bonchev–Trinajstić information content (AvgIpc) is 3.32. The van der Waals surface area contributed by atoms with E-state index in [0.29, 0.717) is 12.3 Å². The van der Waals surface area contributed by atoms with Crippen molar-refractivity contribution < 1.29 is 9.21 Å². The van der Waals surface area contributed by atoms with E-state index >= 15 is 0 Å². The number of imidazole rings is 1. The van der Waals surface area contributed by atoms with Crippen molar-refractivity contribution in [3.05, 3.63) is 77.8 Å². The molecule has 0 saturated carbocycles. The summed E-state index contributed by atoms with van der Waals surface area (Å²) in [5, 5.41) is 0. The van der Waals surface area contributed by atoms with Gasteiger partial charge in [0.2, 0.25) is 0 Å². The van der Waals surface area contributed by atoms with E-state index in [1.54, 1.807) is 18.6 Å². The van der Waals surface area contributed by atoms with E-state index in [0.717, 1.165) is 25.0 Å². The van der Waals surface area contributed by atoms with Crippen molar-refractivity contribution in [3.63, 3.8) is 0 Å². The lowest BCUT2D eigenvalue weighted by Gasteiger charge is -2.32. The molecule has 1 aliphatic rings. The summed E-state index contributed by atoms with van der Waals surface area (Å²) < 4.78 is 7.69. The largest absolute Gasteiger partial charge is 0.454 e. The Bertz CT molecular complexity index is 867. The van der Waals surface area contributed by atoms with Crippen molar-refractivity contribution in [3.8, 4) is 0 Å². The second-order valence-electron chi connectivity index (χ2n) is 6.52. The first-order valence-electron chi connectivity index (χ1n) is 8.62. The average molecular weight is 335 g/mol. The highest BCUT2D eigenvalue weighted by atomic mass is 16.4. The third-order valence-electron chi connectivity index (χ3n) is 4.90. The van der Waals surface area contributed by atoms with E-state index in [4.69, 9.17) is 4.42 Å². The molecule has 2 heterocycles. The lowest BCUT2D eigenvalue weighted by molar-refractivity contribution is 0.0680. The number of aryl methyl sites for hydroxylation is 1. The molecule has 1 amide bonds. The summed E-state index contributed by atoms with van der Waals surface area (Å²) in [6.07, 6.45) is 8.50. The van der Waals surface area contributed by atoms with Gasteiger partial charge in [-0.05, 0) is 42.5 Å². The summed E-state index contributed by atoms with van der Waals surface area (Å²) in [7, 11) is 1.87. The molecule has 5 heteroatoms. The molecule has 0 unspecified atom stereocenters. The molecule has 1 aliphatic carbocycles. The third-order valence-corrected chi connectivity index (χ3v) is 4.90. The van der Waals surface area contributed by atoms with Crippen LogP contribution in [0.3, 0.4) is 0 Å². The molecule has 1 aromatic carbocycles. The van der Waals surface area contributed by atoms with Gasteiger partial charge >= 0.3 is 0 Å². The molecule has 0 saturated heterocycles. The summed E-state index contributed by atoms with van der Waals surface area (Å²) in [6.45, 7) is 0.573. The van der Waals surface area contributed by atoms with Gasteiger partial charge in [-0.25, -0.2) is 4.98 Å². The molecule has 25 heavy (non-hydrogen) atoms. The first-order valence-corrected chi connectivity index (χ1v) is 8.62. The van der Waals surface area contributed by atoms with Gasteiger partial charge in [0.1, 0.15) is 5.76 Å². The maximum Gasteiger partial charge on any atom is 0.289 e. The third kappa shape index (κ3) is 3.09. The summed E-state index contributed by atoms with van der Waals surface area (Å²) in [5.74, 6) is 1.07. The first kappa shape index (κ1) is 15.7. The molecule has 1 atom stereocenters. The number of benzene rings is 1. The van der Waals surface area contributed by atoms with E-state index in [-0.39, 0.29) is 11.9 Å². The number of aromatic nitrogens is 2. The molecule has 3 aromatic rings. The molecule has 128 valence electrons. The van der Waals surface area contributed by atoms with Crippen molar-refractivity contribution in [1.82, 2.24) is 14.5 Å². The summed E-state index contributed by atoms with van der Waals surface area (Å²) in [5.41, 5.74) is 2.61. The zero-order chi connectivity index (χ0) is 17.2. The summed E-state index contributed by atoms with van der Waals surface area (Å²) >= 11 is 0. The number of rotatable bonds is 4. The SMILES string of the molecule is CN(C(=O)c1ccc(Cn2ccnc2)o1)[C@H]1CCCc2ccccc21. The molecule has 0 aliphatic heterocycles. The van der Waals surface area contributed by atoms with E-state index in [9.17, 15) is 4.79 Å². The molecule has 4 rings (SSSR count). The Labute approximate surface area is 146 Å². The van der Waals surface area contributed by atoms with E-state index in [1.807, 2.05) is 34.8 Å². The lowest BCUT2D eigenvalue weighted by Crippen LogP contribution is -2.33. The Morgan fingerprint density at radius 3 is 3.04 bits per heavy atom. The van der Waals surface area contributed by atoms with Gasteiger partial charge < -0.3 is 13.9 Å². The van der Waals surface area contributed by atoms with Crippen molar-refractivity contribution in [1.29, 1.82) is 0 Å². The van der Waals surface area contributed by atoms with Crippen LogP contribution in [0.2, 0.25) is 0 Å². The number of furan rings is 1. The Hall–Kier alpha value is -2.82. The Morgan fingerprint density at radius 2 is 2.20 bits per heavy atom. The number of fused-ring (bicyclic) bond motifs is 1. The number of hydrogen-bond donors (Lipinski definition) is 0. The Balaban J connectivity index is 1.52. The van der Waals surface area contributed by atoms with Crippen LogP contribution >= 0.6 is 0 Å². The fraction of sp³-hybridized carbons (Fsp3) is 0.300. The lowest BCUT2D eigenvalue weighted by atomic mass is 9.87. The molecule has 0 fully saturated rings. The van der Waals surface area contributed by atoms with Crippen molar-refractivity contribution in [2.75, 3.05) is 7.05 Å². The monoisotopic (exact) mass is 335 g/mol. The minimum atomic E-state index is -0.0708. The van der Waals surface area contributed by atoms with Crippen molar-refractivity contribution in [2.45, 2.75) is 31.8 Å². The highest BCUT2D eigenvalue weighted by Gasteiger charge is 2.28. The molecular formula is C20H21N3O2. The van der Waals surface area contributed by atoms with Crippen LogP contribution in [0.15, 0.2) is 59.5 Å². The van der Waals surface area contributed by atoms with Crippen LogP contribution < -0.4 is 0 Å². The standard InChI is InChI=1S/C20H21N3O2/c1-22(18-8-4-6-15-5-2-3-7-17(15)18)20(24)19-10-9-16(25-19)13-23-12-11-21-14-23/h2-3,5,7,9-12,14,18H,4,6,8,13H2,1H3/t18-/m0/s1. The minimum absolute atomic E-state index is 0.0708. The van der Waals surface area contributed by atoms with Gasteiger partial charge in [0.05, 0.1) is 18.9 Å². The number of carbonyl (C=O) groups excluding carboxylic acids is 1. The van der Waals surface area contributed by atoms with Crippen molar-refractivity contribution in [2.24, 2.45) is 0 Å². The van der Waals surface area contributed by atoms with Gasteiger partial charge in [-0.3, -0.25) is 4.79 Å². The van der Waals surface area contributed by atoms with Gasteiger partial charge in [-0.1, -0.05) is 24.3 Å². The highest BCUT2D eigenvalue weighted by Crippen LogP contribution is 2.34. The normalized spacial score (nSPS) is 16.4. The molecule has 0 radical (unpaired) electrons. The van der Waals surface area contributed by atoms with Crippen LogP contribution in [-0.2, 0) is 13.0 Å². The van der Waals surface area contributed by atoms with Crippen LogP contribution in [0, 0.1) is 0 Å². The number of carbonyl (C=O) groups is 1. The molecular weight excluding hydrogens is 314 g/mol. The van der Waals surface area contributed by atoms with Gasteiger partial charge in [-0.15, -0.1) is 0 Å². The van der Waals surface area contributed by atoms with Gasteiger partial charge in [0.15, 0.2) is 5.76 Å². The fourth-order valence-corrected chi connectivity index (χ4v) is 3.58. The molecule has 2 aromatic heterocycles. The number of nitrogens with zero attached hydrogens (tertiary/aromatic N) is 3. The number of amides is 1. The predicted octanol–water partition coefficient (Wildman–Crippen LogP) is 3.67. The maximum absolute atomic E-state index is 12.9. The van der Waals surface area contributed by atoms with Crippen LogP contribution in [0.1, 0.15) is 46.3 Å². The van der Waals surface area contributed by atoms with Gasteiger partial charge in [0, 0.05) is 19.4 Å². The quantitative estimate of drug-likeness (QED) is 0.731. The number of hydrogen-bond acceptors (Lipinski definition) is 3. The highest BCUT2D eigenvalue weighted by molar-refractivity contribution is 5.91. The van der Waals surface area contributed by atoms with Crippen molar-refractivity contribution >= 4 is 5.91 Å². The molecule has 5 nitrogen and oxygen atoms in total. The topological polar surface area (TPSA) is 51.3 Å². The maximum atomic E-state index is 12.9. The molecule has 0 spiro atoms. The van der Waals surface area contributed by atoms with E-state index in [2.05, 4.69) is 23.2 Å². The van der Waals surface area contributed by atoms with Gasteiger partial charge in [-0.2, -0.15) is 0 Å². The second-order valence-corrected chi connectivity index (χ2v) is 6.52. The molecule has 0 N–H and O–H groups in total. The molecule has 0 bridgehead atoms. The Morgan fingerprint density at radius 1 is 1.32 bits per heavy atom. The van der Waals surface area contributed by atoms with Gasteiger partial charge in [0.25, 0.3) is 5.91 Å². The Kier molecular flexibility index (Phi) is 4.14. The second kappa shape index (κ2) is 6.59. The van der Waals surface area contributed by atoms with Crippen LogP contribution in [-0.4, -0.2) is 27.4 Å². The van der Waals surface area contributed by atoms with E-state index in [1.165, 1.54) is 11.1 Å². The smallest absolute Gasteiger partial charge is 0.289 e. The van der Waals surface area contributed by atoms with Crippen LogP contribution in [0.4, 0.5) is 0 Å². The van der Waals surface area contributed by atoms with Crippen LogP contribution in [0.5, 0.6) is 0 Å². The zero-order valence-electron chi connectivity index (χ0n) is 14.3. The summed E-state index contributed by atoms with van der Waals surface area (Å²) in [4.78, 5) is 18.7. The minimum Gasteiger partial charge on any atom is -0.454 e. The predicted molar refractivity (Wildman–Crippen MR) is 94.3 cm³/mol. The summed E-state index contributed by atoms with van der Waals surface area (Å²) in [6, 6.07) is 12.1. The van der Waals surface area contributed by atoms with E-state index < -0.39 is 0 Å². The fourth-order valence-electron chi connectivity index (χ4n) is 3.58. The zero-order valence-corrected chi connectivity index (χ0v) is 14.3.